The molecule has 4 atom stereocenters. The van der Waals surface area contributed by atoms with E-state index in [2.05, 4.69) is 80.2 Å². The van der Waals surface area contributed by atoms with Crippen molar-refractivity contribution in [2.45, 2.75) is 72.6 Å². The molecule has 1 fully saturated rings. The Kier molecular flexibility index (Phi) is 9.15. The largest absolute Gasteiger partial charge is 0.488 e. The lowest BCUT2D eigenvalue weighted by molar-refractivity contribution is 0.0692. The quantitative estimate of drug-likeness (QED) is 0.285. The fourth-order valence-electron chi connectivity index (χ4n) is 7.25. The maximum atomic E-state index is 11.8. The van der Waals surface area contributed by atoms with E-state index in [9.17, 15) is 9.90 Å². The first kappa shape index (κ1) is 31.1. The number of aryl methyl sites for hydroxylation is 1. The predicted octanol–water partition coefficient (Wildman–Crippen LogP) is 6.79. The average molecular weight is 612 g/mol. The second kappa shape index (κ2) is 13.2. The van der Waals surface area contributed by atoms with Crippen LogP contribution in [0.1, 0.15) is 76.8 Å². The summed E-state index contributed by atoms with van der Waals surface area (Å²) in [5.74, 6) is 0.458. The molecule has 1 N–H and O–H groups in total. The van der Waals surface area contributed by atoms with Crippen LogP contribution >= 0.6 is 0 Å². The standard InChI is InChI=1S/C37H45N3O5/c1-6-44-36-33(37(41)42)19-38-40(36)34-12-8-10-31(24(3)25(34)4)32-11-7-9-23(2)35(32)45-21-28-14-13-27-20-39(29-16-18-43-22-29)17-15-30(27)26(28)5/h7-14,19,24-25,29,31H,6,15-18,20-22H2,1-5H3,(H,41,42). The summed E-state index contributed by atoms with van der Waals surface area (Å²) in [6, 6.07) is 11.5. The summed E-state index contributed by atoms with van der Waals surface area (Å²) < 4.78 is 19.8. The first-order valence-corrected chi connectivity index (χ1v) is 16.3. The summed E-state index contributed by atoms with van der Waals surface area (Å²) in [6.07, 6.45) is 9.87. The minimum absolute atomic E-state index is 0.0531. The zero-order valence-electron chi connectivity index (χ0n) is 27.1. The molecule has 8 nitrogen and oxygen atoms in total. The molecule has 0 spiro atoms. The number of carbonyl (C=O) groups is 1. The van der Waals surface area contributed by atoms with Crippen molar-refractivity contribution in [2.75, 3.05) is 26.4 Å². The number of aromatic carboxylic acids is 1. The van der Waals surface area contributed by atoms with Gasteiger partial charge in [0, 0.05) is 48.8 Å². The average Bonchev–Trinajstić information content (AvgIpc) is 3.69. The third-order valence-electron chi connectivity index (χ3n) is 10.1. The van der Waals surface area contributed by atoms with Crippen molar-refractivity contribution < 1.29 is 24.1 Å². The Labute approximate surface area is 266 Å². The van der Waals surface area contributed by atoms with Gasteiger partial charge in [-0.2, -0.15) is 5.10 Å². The van der Waals surface area contributed by atoms with Crippen LogP contribution in [0, 0.1) is 25.7 Å². The van der Waals surface area contributed by atoms with Gasteiger partial charge >= 0.3 is 5.97 Å². The van der Waals surface area contributed by atoms with Gasteiger partial charge in [-0.25, -0.2) is 9.48 Å². The number of fused-ring (bicyclic) bond motifs is 1. The van der Waals surface area contributed by atoms with Crippen LogP contribution in [0.3, 0.4) is 0 Å². The molecule has 0 radical (unpaired) electrons. The highest BCUT2D eigenvalue weighted by molar-refractivity contribution is 5.90. The maximum absolute atomic E-state index is 11.8. The molecule has 0 saturated carbocycles. The van der Waals surface area contributed by atoms with Crippen LogP contribution in [0.4, 0.5) is 0 Å². The molecule has 4 unspecified atom stereocenters. The van der Waals surface area contributed by atoms with Gasteiger partial charge in [0.1, 0.15) is 17.9 Å². The number of carboxylic acids is 1. The van der Waals surface area contributed by atoms with Gasteiger partial charge in [-0.1, -0.05) is 56.3 Å². The molecule has 8 heteroatoms. The van der Waals surface area contributed by atoms with E-state index >= 15 is 0 Å². The molecule has 0 amide bonds. The lowest BCUT2D eigenvalue weighted by Crippen LogP contribution is -2.39. The molecule has 1 aromatic heterocycles. The van der Waals surface area contributed by atoms with Crippen LogP contribution < -0.4 is 9.47 Å². The number of ether oxygens (including phenoxy) is 3. The third-order valence-corrected chi connectivity index (χ3v) is 10.1. The molecule has 45 heavy (non-hydrogen) atoms. The van der Waals surface area contributed by atoms with Crippen molar-refractivity contribution >= 4 is 11.7 Å². The highest BCUT2D eigenvalue weighted by atomic mass is 16.5. The van der Waals surface area contributed by atoms with Gasteiger partial charge in [0.05, 0.1) is 19.4 Å². The van der Waals surface area contributed by atoms with E-state index < -0.39 is 5.97 Å². The number of allylic oxidation sites excluding steroid dienone is 4. The monoisotopic (exact) mass is 611 g/mol. The summed E-state index contributed by atoms with van der Waals surface area (Å²) in [5, 5.41) is 14.1. The topological polar surface area (TPSA) is 86.0 Å². The molecular weight excluding hydrogens is 566 g/mol. The molecule has 3 heterocycles. The molecule has 2 aliphatic heterocycles. The van der Waals surface area contributed by atoms with E-state index in [-0.39, 0.29) is 29.2 Å². The number of benzene rings is 2. The Morgan fingerprint density at radius 1 is 1.16 bits per heavy atom. The van der Waals surface area contributed by atoms with Gasteiger partial charge in [0.2, 0.25) is 5.88 Å². The maximum Gasteiger partial charge on any atom is 0.342 e. The van der Waals surface area contributed by atoms with Crippen LogP contribution in [-0.2, 0) is 24.3 Å². The number of rotatable bonds is 9. The zero-order chi connectivity index (χ0) is 31.7. The molecule has 3 aliphatic rings. The SMILES string of the molecule is CCOc1c(C(=O)O)cnn1C1=CC=CC(c2cccc(C)c2OCc2ccc3c(c2C)CCN(C2CCOC2)C3)C(C)C1C. The Morgan fingerprint density at radius 2 is 2.00 bits per heavy atom. The molecule has 238 valence electrons. The van der Waals surface area contributed by atoms with E-state index in [1.165, 1.54) is 28.5 Å². The Morgan fingerprint density at radius 3 is 2.76 bits per heavy atom. The van der Waals surface area contributed by atoms with Crippen LogP contribution in [0.2, 0.25) is 0 Å². The second-order valence-corrected chi connectivity index (χ2v) is 12.7. The van der Waals surface area contributed by atoms with Gasteiger partial charge < -0.3 is 19.3 Å². The van der Waals surface area contributed by atoms with E-state index in [0.717, 1.165) is 61.7 Å². The van der Waals surface area contributed by atoms with Crippen LogP contribution in [0.15, 0.2) is 54.8 Å². The lowest BCUT2D eigenvalue weighted by atomic mass is 9.78. The number of aromatic nitrogens is 2. The molecule has 1 aliphatic carbocycles. The zero-order valence-corrected chi connectivity index (χ0v) is 27.1. The molecule has 3 aromatic rings. The van der Waals surface area contributed by atoms with Crippen molar-refractivity contribution in [1.29, 1.82) is 0 Å². The van der Waals surface area contributed by atoms with Gasteiger partial charge in [-0.15, -0.1) is 0 Å². The van der Waals surface area contributed by atoms with Crippen molar-refractivity contribution in [2.24, 2.45) is 11.8 Å². The van der Waals surface area contributed by atoms with Gasteiger partial charge in [0.25, 0.3) is 0 Å². The van der Waals surface area contributed by atoms with E-state index in [1.807, 2.05) is 13.0 Å². The van der Waals surface area contributed by atoms with Gasteiger partial charge in [-0.05, 0) is 73.4 Å². The van der Waals surface area contributed by atoms with Crippen LogP contribution in [0.5, 0.6) is 11.6 Å². The number of carboxylic acid groups (broad SMARTS) is 1. The van der Waals surface area contributed by atoms with Crippen molar-refractivity contribution in [3.8, 4) is 11.6 Å². The number of para-hydroxylation sites is 1. The van der Waals surface area contributed by atoms with Crippen molar-refractivity contribution in [1.82, 2.24) is 14.7 Å². The van der Waals surface area contributed by atoms with Gasteiger partial charge in [0.15, 0.2) is 0 Å². The fourth-order valence-corrected chi connectivity index (χ4v) is 7.25. The summed E-state index contributed by atoms with van der Waals surface area (Å²) >= 11 is 0. The van der Waals surface area contributed by atoms with E-state index in [1.54, 1.807) is 4.68 Å². The third kappa shape index (κ3) is 6.06. The normalized spacial score (nSPS) is 23.4. The Bertz CT molecular complexity index is 1620. The minimum Gasteiger partial charge on any atom is -0.488 e. The Balaban J connectivity index is 1.22. The predicted molar refractivity (Wildman–Crippen MR) is 175 cm³/mol. The number of hydrogen-bond acceptors (Lipinski definition) is 6. The number of hydrogen-bond donors (Lipinski definition) is 1. The summed E-state index contributed by atoms with van der Waals surface area (Å²) in [6.45, 7) is 15.3. The number of nitrogens with zero attached hydrogens (tertiary/aromatic N) is 3. The summed E-state index contributed by atoms with van der Waals surface area (Å²) in [4.78, 5) is 14.4. The van der Waals surface area contributed by atoms with Crippen LogP contribution in [0.25, 0.3) is 5.70 Å². The molecular formula is C37H45N3O5. The highest BCUT2D eigenvalue weighted by Crippen LogP contribution is 2.43. The molecule has 2 aromatic carbocycles. The smallest absolute Gasteiger partial charge is 0.342 e. The van der Waals surface area contributed by atoms with Gasteiger partial charge in [-0.3, -0.25) is 4.90 Å². The minimum atomic E-state index is -1.05. The molecule has 1 saturated heterocycles. The van der Waals surface area contributed by atoms with Crippen molar-refractivity contribution in [3.63, 3.8) is 0 Å². The summed E-state index contributed by atoms with van der Waals surface area (Å²) in [7, 11) is 0. The molecule has 6 rings (SSSR count). The Hall–Kier alpha value is -3.88. The lowest BCUT2D eigenvalue weighted by Gasteiger charge is -2.34. The van der Waals surface area contributed by atoms with E-state index in [0.29, 0.717) is 19.3 Å². The first-order valence-electron chi connectivity index (χ1n) is 16.3. The van der Waals surface area contributed by atoms with Crippen LogP contribution in [-0.4, -0.2) is 58.2 Å². The first-order chi connectivity index (χ1) is 21.8. The highest BCUT2D eigenvalue weighted by Gasteiger charge is 2.32. The van der Waals surface area contributed by atoms with Crippen molar-refractivity contribution in [3.05, 3.63) is 93.7 Å². The second-order valence-electron chi connectivity index (χ2n) is 12.7. The molecule has 0 bridgehead atoms. The summed E-state index contributed by atoms with van der Waals surface area (Å²) in [5.41, 5.74) is 8.72. The fraction of sp³-hybridized carbons (Fsp3) is 0.459. The van der Waals surface area contributed by atoms with E-state index in [4.69, 9.17) is 14.2 Å².